The zero-order valence-electron chi connectivity index (χ0n) is 19.0. The number of unbranched alkanes of at least 4 members (excludes halogenated alkanes) is 5. The highest BCUT2D eigenvalue weighted by Crippen LogP contribution is 2.29. The van der Waals surface area contributed by atoms with E-state index in [1.807, 2.05) is 0 Å². The van der Waals surface area contributed by atoms with Crippen LogP contribution < -0.4 is 4.74 Å². The fraction of sp³-hybridized carbons (Fsp3) is 0.692. The summed E-state index contributed by atoms with van der Waals surface area (Å²) in [6.45, 7) is 14.3. The molecule has 0 amide bonds. The van der Waals surface area contributed by atoms with E-state index >= 15 is 0 Å². The van der Waals surface area contributed by atoms with Crippen LogP contribution in [0.25, 0.3) is 0 Å². The highest BCUT2D eigenvalue weighted by molar-refractivity contribution is 5.45. The van der Waals surface area contributed by atoms with E-state index in [9.17, 15) is 0 Å². The molecular formula is C26H44O. The molecule has 1 aromatic carbocycles. The third-order valence-corrected chi connectivity index (χ3v) is 5.62. The fourth-order valence-corrected chi connectivity index (χ4v) is 3.50. The average Bonchev–Trinajstić information content (AvgIpc) is 2.63. The number of hydrogen-bond donors (Lipinski definition) is 0. The van der Waals surface area contributed by atoms with Crippen molar-refractivity contribution in [1.82, 2.24) is 0 Å². The molecule has 0 aliphatic carbocycles. The molecule has 0 bridgehead atoms. The molecule has 1 nitrogen and oxygen atoms in total. The Labute approximate surface area is 169 Å². The quantitative estimate of drug-likeness (QED) is 0.235. The van der Waals surface area contributed by atoms with Gasteiger partial charge < -0.3 is 4.74 Å². The number of hydrogen-bond acceptors (Lipinski definition) is 1. The lowest BCUT2D eigenvalue weighted by Crippen LogP contribution is -2.05. The van der Waals surface area contributed by atoms with Crippen molar-refractivity contribution in [2.75, 3.05) is 6.61 Å². The first kappa shape index (κ1) is 23.8. The van der Waals surface area contributed by atoms with Crippen LogP contribution >= 0.6 is 0 Å². The predicted octanol–water partition coefficient (Wildman–Crippen LogP) is 8.36. The fourth-order valence-electron chi connectivity index (χ4n) is 3.50. The van der Waals surface area contributed by atoms with Crippen molar-refractivity contribution in [3.05, 3.63) is 40.5 Å². The van der Waals surface area contributed by atoms with Gasteiger partial charge in [-0.1, -0.05) is 69.7 Å². The van der Waals surface area contributed by atoms with E-state index in [0.717, 1.165) is 18.9 Å². The number of ether oxygens (including phenoxy) is 1. The maximum atomic E-state index is 6.29. The lowest BCUT2D eigenvalue weighted by molar-refractivity contribution is 0.298. The van der Waals surface area contributed by atoms with Crippen LogP contribution in [0.4, 0.5) is 0 Å². The third kappa shape index (κ3) is 10.0. The summed E-state index contributed by atoms with van der Waals surface area (Å²) in [5.41, 5.74) is 5.50. The maximum Gasteiger partial charge on any atom is 0.125 e. The molecule has 0 radical (unpaired) electrons. The predicted molar refractivity (Wildman–Crippen MR) is 121 cm³/mol. The Morgan fingerprint density at radius 1 is 1.00 bits per heavy atom. The van der Waals surface area contributed by atoms with Gasteiger partial charge >= 0.3 is 0 Å². The van der Waals surface area contributed by atoms with Crippen LogP contribution in [0.3, 0.4) is 0 Å². The molecule has 0 spiro atoms. The number of allylic oxidation sites excluding steroid dienone is 2. The minimum atomic E-state index is 0.758. The van der Waals surface area contributed by atoms with E-state index in [0.29, 0.717) is 0 Å². The van der Waals surface area contributed by atoms with Crippen molar-refractivity contribution < 1.29 is 4.74 Å². The molecule has 0 saturated heterocycles. The lowest BCUT2D eigenvalue weighted by atomic mass is 9.94. The highest BCUT2D eigenvalue weighted by atomic mass is 16.5. The van der Waals surface area contributed by atoms with Gasteiger partial charge in [0, 0.05) is 0 Å². The number of aryl methyl sites for hydroxylation is 2. The van der Waals surface area contributed by atoms with Crippen LogP contribution in [-0.4, -0.2) is 6.61 Å². The molecule has 1 heteroatoms. The Morgan fingerprint density at radius 2 is 1.70 bits per heavy atom. The molecule has 1 aromatic rings. The molecule has 1 rings (SSSR count). The van der Waals surface area contributed by atoms with E-state index in [-0.39, 0.29) is 0 Å². The van der Waals surface area contributed by atoms with Crippen LogP contribution in [0.5, 0.6) is 5.75 Å². The van der Waals surface area contributed by atoms with Crippen molar-refractivity contribution in [1.29, 1.82) is 0 Å². The normalized spacial score (nSPS) is 12.1. The molecule has 0 aliphatic heterocycles. The zero-order valence-corrected chi connectivity index (χ0v) is 19.0. The number of rotatable bonds is 14. The van der Waals surface area contributed by atoms with Gasteiger partial charge in [-0.05, 0) is 82.4 Å². The Morgan fingerprint density at radius 3 is 2.41 bits per heavy atom. The summed E-state index contributed by atoms with van der Waals surface area (Å²) in [5, 5.41) is 0. The van der Waals surface area contributed by atoms with Gasteiger partial charge in [-0.2, -0.15) is 0 Å². The molecule has 0 fully saturated rings. The van der Waals surface area contributed by atoms with Gasteiger partial charge in [-0.15, -0.1) is 0 Å². The summed E-state index contributed by atoms with van der Waals surface area (Å²) in [6.07, 6.45) is 15.1. The van der Waals surface area contributed by atoms with Crippen molar-refractivity contribution in [2.45, 2.75) is 106 Å². The van der Waals surface area contributed by atoms with Crippen LogP contribution in [0.2, 0.25) is 0 Å². The Hall–Kier alpha value is -1.24. The Bertz CT molecular complexity index is 552. The highest BCUT2D eigenvalue weighted by Gasteiger charge is 2.11. The summed E-state index contributed by atoms with van der Waals surface area (Å²) in [7, 11) is 0. The molecule has 1 unspecified atom stereocenters. The first-order valence-electron chi connectivity index (χ1n) is 11.3. The van der Waals surface area contributed by atoms with Crippen molar-refractivity contribution >= 4 is 0 Å². The van der Waals surface area contributed by atoms with Gasteiger partial charge in [0.25, 0.3) is 0 Å². The molecule has 0 N–H and O–H groups in total. The largest absolute Gasteiger partial charge is 0.493 e. The van der Waals surface area contributed by atoms with E-state index in [1.165, 1.54) is 85.8 Å². The molecule has 0 heterocycles. The van der Waals surface area contributed by atoms with Crippen LogP contribution in [0.15, 0.2) is 23.8 Å². The zero-order chi connectivity index (χ0) is 20.1. The molecule has 0 saturated carbocycles. The van der Waals surface area contributed by atoms with Gasteiger partial charge in [-0.3, -0.25) is 0 Å². The Kier molecular flexibility index (Phi) is 12.2. The maximum absolute atomic E-state index is 6.29. The monoisotopic (exact) mass is 372 g/mol. The van der Waals surface area contributed by atoms with Crippen molar-refractivity contribution in [2.24, 2.45) is 5.92 Å². The molecule has 1 atom stereocenters. The van der Waals surface area contributed by atoms with Gasteiger partial charge in [0.05, 0.1) is 6.61 Å². The van der Waals surface area contributed by atoms with Gasteiger partial charge in [0.1, 0.15) is 5.75 Å². The SMILES string of the molecule is CCCCCCCCOc1c(CCC(C)CCC=C(C)C)ccc(C)c1C. The lowest BCUT2D eigenvalue weighted by Gasteiger charge is -2.17. The van der Waals surface area contributed by atoms with Crippen LogP contribution in [0.1, 0.15) is 102 Å². The standard InChI is InChI=1S/C26H44O/c1-7-8-9-10-11-12-20-27-26-24(6)23(5)17-19-25(26)18-16-22(4)15-13-14-21(2)3/h14,17,19,22H,7-13,15-16,18,20H2,1-6H3. The van der Waals surface area contributed by atoms with E-state index in [1.54, 1.807) is 0 Å². The topological polar surface area (TPSA) is 9.23 Å². The third-order valence-electron chi connectivity index (χ3n) is 5.62. The Balaban J connectivity index is 2.51. The number of benzene rings is 1. The van der Waals surface area contributed by atoms with E-state index in [4.69, 9.17) is 4.74 Å². The molecule has 27 heavy (non-hydrogen) atoms. The smallest absolute Gasteiger partial charge is 0.125 e. The van der Waals surface area contributed by atoms with Gasteiger partial charge in [0.15, 0.2) is 0 Å². The summed E-state index contributed by atoms with van der Waals surface area (Å²) < 4.78 is 6.29. The molecule has 0 aliphatic rings. The molecular weight excluding hydrogens is 328 g/mol. The molecule has 0 aromatic heterocycles. The first-order chi connectivity index (χ1) is 13.0. The van der Waals surface area contributed by atoms with Crippen molar-refractivity contribution in [3.8, 4) is 5.75 Å². The van der Waals surface area contributed by atoms with Crippen LogP contribution in [-0.2, 0) is 6.42 Å². The second-order valence-electron chi connectivity index (χ2n) is 8.61. The van der Waals surface area contributed by atoms with Crippen molar-refractivity contribution in [3.63, 3.8) is 0 Å². The second-order valence-corrected chi connectivity index (χ2v) is 8.61. The van der Waals surface area contributed by atoms with Crippen LogP contribution in [0, 0.1) is 19.8 Å². The molecule has 154 valence electrons. The van der Waals surface area contributed by atoms with Gasteiger partial charge in [0.2, 0.25) is 0 Å². The van der Waals surface area contributed by atoms with Gasteiger partial charge in [-0.25, -0.2) is 0 Å². The summed E-state index contributed by atoms with van der Waals surface area (Å²) in [4.78, 5) is 0. The van der Waals surface area contributed by atoms with E-state index < -0.39 is 0 Å². The summed E-state index contributed by atoms with van der Waals surface area (Å²) >= 11 is 0. The minimum absolute atomic E-state index is 0.758. The minimum Gasteiger partial charge on any atom is -0.493 e. The van der Waals surface area contributed by atoms with E-state index in [2.05, 4.69) is 59.8 Å². The first-order valence-corrected chi connectivity index (χ1v) is 11.3. The second kappa shape index (κ2) is 13.9. The summed E-state index contributed by atoms with van der Waals surface area (Å²) in [5.74, 6) is 1.92. The summed E-state index contributed by atoms with van der Waals surface area (Å²) in [6, 6.07) is 4.55. The average molecular weight is 373 g/mol.